The van der Waals surface area contributed by atoms with Crippen LogP contribution in [0.4, 0.5) is 0 Å². The molecule has 21 heavy (non-hydrogen) atoms. The molecule has 0 heterocycles. The third kappa shape index (κ3) is 3.55. The van der Waals surface area contributed by atoms with Gasteiger partial charge in [0.25, 0.3) is 0 Å². The van der Waals surface area contributed by atoms with Gasteiger partial charge in [-0.1, -0.05) is 40.2 Å². The molecule has 0 N–H and O–H groups in total. The van der Waals surface area contributed by atoms with E-state index in [2.05, 4.69) is 15.9 Å². The second-order valence-electron chi connectivity index (χ2n) is 4.18. The van der Waals surface area contributed by atoms with Gasteiger partial charge >= 0.3 is 0 Å². The van der Waals surface area contributed by atoms with Gasteiger partial charge in [-0.2, -0.15) is 0 Å². The molecule has 0 saturated carbocycles. The minimum atomic E-state index is -0.129. The standard InChI is InChI=1S/C16H15BrO4/c1-19-14-8-5-9-15(20-2)16(14)21-10-13(18)11-6-3-4-7-12(11)17/h3-9H,10H2,1-2H3. The van der Waals surface area contributed by atoms with Crippen molar-refractivity contribution in [1.29, 1.82) is 0 Å². The summed E-state index contributed by atoms with van der Waals surface area (Å²) in [6.07, 6.45) is 0. The van der Waals surface area contributed by atoms with Crippen LogP contribution in [0.25, 0.3) is 0 Å². The number of methoxy groups -OCH3 is 2. The van der Waals surface area contributed by atoms with Crippen molar-refractivity contribution in [2.75, 3.05) is 20.8 Å². The Hall–Kier alpha value is -2.01. The second kappa shape index (κ2) is 7.13. The molecule has 2 aromatic carbocycles. The van der Waals surface area contributed by atoms with Gasteiger partial charge in [-0.3, -0.25) is 4.79 Å². The molecule has 0 unspecified atom stereocenters. The molecule has 0 fully saturated rings. The molecule has 0 aliphatic carbocycles. The molecule has 2 aromatic rings. The summed E-state index contributed by atoms with van der Waals surface area (Å²) in [4.78, 5) is 12.2. The van der Waals surface area contributed by atoms with Crippen LogP contribution in [0.15, 0.2) is 46.9 Å². The minimum absolute atomic E-state index is 0.0979. The Bertz CT molecular complexity index is 618. The Morgan fingerprint density at radius 1 is 1.00 bits per heavy atom. The van der Waals surface area contributed by atoms with Crippen LogP contribution in [0.1, 0.15) is 10.4 Å². The van der Waals surface area contributed by atoms with Crippen LogP contribution in [0.5, 0.6) is 17.2 Å². The number of para-hydroxylation sites is 1. The molecule has 0 aromatic heterocycles. The third-order valence-corrected chi connectivity index (χ3v) is 3.60. The van der Waals surface area contributed by atoms with Crippen molar-refractivity contribution in [2.45, 2.75) is 0 Å². The van der Waals surface area contributed by atoms with Gasteiger partial charge in [-0.05, 0) is 18.2 Å². The Morgan fingerprint density at radius 3 is 2.19 bits per heavy atom. The van der Waals surface area contributed by atoms with Crippen LogP contribution in [0.2, 0.25) is 0 Å². The van der Waals surface area contributed by atoms with Crippen molar-refractivity contribution in [2.24, 2.45) is 0 Å². The number of halogens is 1. The second-order valence-corrected chi connectivity index (χ2v) is 5.04. The summed E-state index contributed by atoms with van der Waals surface area (Å²) in [5.74, 6) is 1.34. The number of hydrogen-bond donors (Lipinski definition) is 0. The Balaban J connectivity index is 2.17. The monoisotopic (exact) mass is 350 g/mol. The molecule has 4 nitrogen and oxygen atoms in total. The Morgan fingerprint density at radius 2 is 1.62 bits per heavy atom. The normalized spacial score (nSPS) is 10.0. The van der Waals surface area contributed by atoms with E-state index in [-0.39, 0.29) is 12.4 Å². The molecule has 0 aliphatic heterocycles. The fourth-order valence-electron chi connectivity index (χ4n) is 1.86. The molecule has 0 bridgehead atoms. The SMILES string of the molecule is COc1cccc(OC)c1OCC(=O)c1ccccc1Br. The van der Waals surface area contributed by atoms with Crippen molar-refractivity contribution in [3.63, 3.8) is 0 Å². The fraction of sp³-hybridized carbons (Fsp3) is 0.188. The van der Waals surface area contributed by atoms with E-state index in [1.165, 1.54) is 14.2 Å². The topological polar surface area (TPSA) is 44.8 Å². The smallest absolute Gasteiger partial charge is 0.203 e. The number of Topliss-reactive ketones (excluding diaryl/α,β-unsaturated/α-hetero) is 1. The number of hydrogen-bond acceptors (Lipinski definition) is 4. The van der Waals surface area contributed by atoms with Gasteiger partial charge in [0.15, 0.2) is 18.1 Å². The van der Waals surface area contributed by atoms with Crippen molar-refractivity contribution in [3.8, 4) is 17.2 Å². The predicted molar refractivity (Wildman–Crippen MR) is 83.5 cm³/mol. The van der Waals surface area contributed by atoms with Crippen molar-refractivity contribution >= 4 is 21.7 Å². The zero-order chi connectivity index (χ0) is 15.2. The van der Waals surface area contributed by atoms with Gasteiger partial charge in [0.05, 0.1) is 14.2 Å². The first-order chi connectivity index (χ1) is 10.2. The number of carbonyl (C=O) groups excluding carboxylic acids is 1. The van der Waals surface area contributed by atoms with Crippen molar-refractivity contribution in [1.82, 2.24) is 0 Å². The molecule has 0 saturated heterocycles. The van der Waals surface area contributed by atoms with Gasteiger partial charge in [-0.25, -0.2) is 0 Å². The van der Waals surface area contributed by atoms with Crippen LogP contribution in [0, 0.1) is 0 Å². The average Bonchev–Trinajstić information content (AvgIpc) is 2.52. The van der Waals surface area contributed by atoms with E-state index in [9.17, 15) is 4.79 Å². The quantitative estimate of drug-likeness (QED) is 0.744. The van der Waals surface area contributed by atoms with Gasteiger partial charge in [0, 0.05) is 10.0 Å². The summed E-state index contributed by atoms with van der Waals surface area (Å²) in [6, 6.07) is 12.5. The maximum Gasteiger partial charge on any atom is 0.203 e. The summed E-state index contributed by atoms with van der Waals surface area (Å²) >= 11 is 3.35. The Labute approximate surface area is 131 Å². The highest BCUT2D eigenvalue weighted by atomic mass is 79.9. The lowest BCUT2D eigenvalue weighted by Gasteiger charge is -2.13. The van der Waals surface area contributed by atoms with Gasteiger partial charge in [0.2, 0.25) is 11.5 Å². The molecule has 0 aliphatic rings. The van der Waals surface area contributed by atoms with E-state index in [0.29, 0.717) is 22.8 Å². The molecule has 0 spiro atoms. The van der Waals surface area contributed by atoms with E-state index < -0.39 is 0 Å². The van der Waals surface area contributed by atoms with Crippen LogP contribution >= 0.6 is 15.9 Å². The van der Waals surface area contributed by atoms with E-state index in [1.54, 1.807) is 24.3 Å². The van der Waals surface area contributed by atoms with E-state index in [4.69, 9.17) is 14.2 Å². The summed E-state index contributed by atoms with van der Waals surface area (Å²) in [7, 11) is 3.08. The predicted octanol–water partition coefficient (Wildman–Crippen LogP) is 3.73. The van der Waals surface area contributed by atoms with Crippen LogP contribution in [-0.4, -0.2) is 26.6 Å². The van der Waals surface area contributed by atoms with E-state index >= 15 is 0 Å². The molecule has 110 valence electrons. The van der Waals surface area contributed by atoms with E-state index in [1.807, 2.05) is 18.2 Å². The first kappa shape index (κ1) is 15.4. The molecule has 0 amide bonds. The average molecular weight is 351 g/mol. The van der Waals surface area contributed by atoms with Gasteiger partial charge in [-0.15, -0.1) is 0 Å². The zero-order valence-corrected chi connectivity index (χ0v) is 13.3. The number of ether oxygens (including phenoxy) is 3. The molecule has 0 atom stereocenters. The van der Waals surface area contributed by atoms with Crippen LogP contribution < -0.4 is 14.2 Å². The molecule has 5 heteroatoms. The summed E-state index contributed by atoms with van der Waals surface area (Å²) < 4.78 is 16.8. The summed E-state index contributed by atoms with van der Waals surface area (Å²) in [5.41, 5.74) is 0.575. The molecular formula is C16H15BrO4. The highest BCUT2D eigenvalue weighted by Gasteiger charge is 2.15. The maximum absolute atomic E-state index is 12.2. The molecule has 0 radical (unpaired) electrons. The maximum atomic E-state index is 12.2. The third-order valence-electron chi connectivity index (χ3n) is 2.90. The largest absolute Gasteiger partial charge is 0.493 e. The van der Waals surface area contributed by atoms with Gasteiger partial charge in [0.1, 0.15) is 0 Å². The number of benzene rings is 2. The molecule has 2 rings (SSSR count). The minimum Gasteiger partial charge on any atom is -0.493 e. The van der Waals surface area contributed by atoms with Gasteiger partial charge < -0.3 is 14.2 Å². The number of carbonyl (C=O) groups is 1. The lowest BCUT2D eigenvalue weighted by atomic mass is 10.1. The summed E-state index contributed by atoms with van der Waals surface area (Å²) in [5, 5.41) is 0. The first-order valence-corrected chi connectivity index (χ1v) is 7.08. The highest BCUT2D eigenvalue weighted by Crippen LogP contribution is 2.36. The lowest BCUT2D eigenvalue weighted by Crippen LogP contribution is -2.13. The fourth-order valence-corrected chi connectivity index (χ4v) is 2.37. The number of ketones is 1. The van der Waals surface area contributed by atoms with Crippen molar-refractivity contribution < 1.29 is 19.0 Å². The lowest BCUT2D eigenvalue weighted by molar-refractivity contribution is 0.0916. The first-order valence-electron chi connectivity index (χ1n) is 6.29. The molecular weight excluding hydrogens is 336 g/mol. The highest BCUT2D eigenvalue weighted by molar-refractivity contribution is 9.10. The zero-order valence-electron chi connectivity index (χ0n) is 11.8. The van der Waals surface area contributed by atoms with Crippen molar-refractivity contribution in [3.05, 3.63) is 52.5 Å². The Kier molecular flexibility index (Phi) is 5.22. The van der Waals surface area contributed by atoms with Crippen LogP contribution in [-0.2, 0) is 0 Å². The van der Waals surface area contributed by atoms with Crippen LogP contribution in [0.3, 0.4) is 0 Å². The summed E-state index contributed by atoms with van der Waals surface area (Å²) in [6.45, 7) is -0.0979. The number of rotatable bonds is 6. The van der Waals surface area contributed by atoms with E-state index in [0.717, 1.165) is 4.47 Å².